The highest BCUT2D eigenvalue weighted by atomic mass is 79.9. The second kappa shape index (κ2) is 5.49. The quantitative estimate of drug-likeness (QED) is 0.694. The number of rotatable bonds is 1. The molecule has 1 amide bonds. The molecule has 2 saturated heterocycles. The Labute approximate surface area is 119 Å². The summed E-state index contributed by atoms with van der Waals surface area (Å²) in [6, 6.07) is 0.469. The maximum Gasteiger partial charge on any atom is 0.236 e. The number of hydrogen-bond donors (Lipinski definition) is 0. The Morgan fingerprint density at radius 3 is 2.28 bits per heavy atom. The normalized spacial score (nSPS) is 28.8. The average Bonchev–Trinajstić information content (AvgIpc) is 2.32. The number of likely N-dealkylation sites (tertiary alicyclic amines) is 2. The van der Waals surface area contributed by atoms with Crippen molar-refractivity contribution in [3.05, 3.63) is 0 Å². The molecule has 0 radical (unpaired) electrons. The standard InChI is InChI=1S/C14H25BrN2O/c1-14(2,3)16-9-6-11(7-10-16)17-8-4-5-12(15)13(17)18/h11-12H,4-10H2,1-3H3. The van der Waals surface area contributed by atoms with E-state index in [2.05, 4.69) is 46.5 Å². The minimum absolute atomic E-state index is 0.0619. The van der Waals surface area contributed by atoms with Gasteiger partial charge in [-0.15, -0.1) is 0 Å². The molecule has 0 N–H and O–H groups in total. The van der Waals surface area contributed by atoms with Crippen molar-refractivity contribution in [2.75, 3.05) is 19.6 Å². The Kier molecular flexibility index (Phi) is 4.37. The van der Waals surface area contributed by atoms with Crippen molar-refractivity contribution in [2.24, 2.45) is 0 Å². The van der Waals surface area contributed by atoms with Gasteiger partial charge in [0.15, 0.2) is 0 Å². The van der Waals surface area contributed by atoms with Crippen LogP contribution in [0.25, 0.3) is 0 Å². The van der Waals surface area contributed by atoms with Gasteiger partial charge in [0.1, 0.15) is 0 Å². The third-order valence-electron chi connectivity index (χ3n) is 4.26. The van der Waals surface area contributed by atoms with Crippen molar-refractivity contribution in [2.45, 2.75) is 62.9 Å². The van der Waals surface area contributed by atoms with Gasteiger partial charge in [-0.3, -0.25) is 9.69 Å². The van der Waals surface area contributed by atoms with Crippen LogP contribution in [0.2, 0.25) is 0 Å². The highest BCUT2D eigenvalue weighted by Gasteiger charge is 2.35. The van der Waals surface area contributed by atoms with Crippen LogP contribution >= 0.6 is 15.9 Å². The molecule has 0 aromatic heterocycles. The Balaban J connectivity index is 1.91. The highest BCUT2D eigenvalue weighted by Crippen LogP contribution is 2.27. The van der Waals surface area contributed by atoms with Crippen LogP contribution < -0.4 is 0 Å². The lowest BCUT2D eigenvalue weighted by molar-refractivity contribution is -0.136. The third kappa shape index (κ3) is 3.08. The Bertz CT molecular complexity index is 305. The maximum atomic E-state index is 12.2. The smallest absolute Gasteiger partial charge is 0.236 e. The minimum atomic E-state index is 0.0619. The van der Waals surface area contributed by atoms with Gasteiger partial charge >= 0.3 is 0 Å². The molecule has 3 nitrogen and oxygen atoms in total. The molecule has 18 heavy (non-hydrogen) atoms. The fourth-order valence-electron chi connectivity index (χ4n) is 3.07. The highest BCUT2D eigenvalue weighted by molar-refractivity contribution is 9.10. The van der Waals surface area contributed by atoms with Crippen LogP contribution in [0.3, 0.4) is 0 Å². The molecule has 2 heterocycles. The summed E-state index contributed by atoms with van der Waals surface area (Å²) in [6.07, 6.45) is 4.39. The van der Waals surface area contributed by atoms with Crippen molar-refractivity contribution in [1.29, 1.82) is 0 Å². The number of carbonyl (C=O) groups is 1. The third-order valence-corrected chi connectivity index (χ3v) is 5.11. The van der Waals surface area contributed by atoms with E-state index < -0.39 is 0 Å². The average molecular weight is 317 g/mol. The van der Waals surface area contributed by atoms with Gasteiger partial charge in [-0.1, -0.05) is 15.9 Å². The number of halogens is 1. The van der Waals surface area contributed by atoms with Crippen molar-refractivity contribution in [3.8, 4) is 0 Å². The van der Waals surface area contributed by atoms with Gasteiger partial charge in [0.05, 0.1) is 4.83 Å². The van der Waals surface area contributed by atoms with E-state index in [0.717, 1.165) is 45.3 Å². The van der Waals surface area contributed by atoms with Gasteiger partial charge in [0.2, 0.25) is 5.91 Å². The molecule has 2 fully saturated rings. The number of hydrogen-bond acceptors (Lipinski definition) is 2. The minimum Gasteiger partial charge on any atom is -0.339 e. The lowest BCUT2D eigenvalue weighted by atomic mass is 9.95. The van der Waals surface area contributed by atoms with E-state index in [1.807, 2.05) is 0 Å². The van der Waals surface area contributed by atoms with E-state index in [1.54, 1.807) is 0 Å². The molecule has 0 aromatic rings. The molecule has 4 heteroatoms. The largest absolute Gasteiger partial charge is 0.339 e. The molecule has 2 aliphatic rings. The summed E-state index contributed by atoms with van der Waals surface area (Å²) in [6.45, 7) is 10.0. The van der Waals surface area contributed by atoms with E-state index >= 15 is 0 Å². The summed E-state index contributed by atoms with van der Waals surface area (Å²) < 4.78 is 0. The summed E-state index contributed by atoms with van der Waals surface area (Å²) >= 11 is 3.50. The molecule has 0 bridgehead atoms. The van der Waals surface area contributed by atoms with Gasteiger partial charge in [0.25, 0.3) is 0 Å². The number of alkyl halides is 1. The second-order valence-corrected chi connectivity index (χ2v) is 7.64. The first-order valence-corrected chi connectivity index (χ1v) is 8.01. The van der Waals surface area contributed by atoms with Crippen molar-refractivity contribution < 1.29 is 4.79 Å². The summed E-state index contributed by atoms with van der Waals surface area (Å²) in [4.78, 5) is 16.9. The van der Waals surface area contributed by atoms with Gasteiger partial charge in [-0.05, 0) is 46.5 Å². The zero-order valence-electron chi connectivity index (χ0n) is 11.8. The fourth-order valence-corrected chi connectivity index (χ4v) is 3.65. The van der Waals surface area contributed by atoms with E-state index in [-0.39, 0.29) is 10.4 Å². The predicted octanol–water partition coefficient (Wildman–Crippen LogP) is 2.64. The van der Waals surface area contributed by atoms with Crippen LogP contribution in [-0.4, -0.2) is 51.7 Å². The van der Waals surface area contributed by atoms with Crippen molar-refractivity contribution >= 4 is 21.8 Å². The summed E-state index contributed by atoms with van der Waals surface area (Å²) in [7, 11) is 0. The zero-order chi connectivity index (χ0) is 13.3. The second-order valence-electron chi connectivity index (χ2n) is 6.53. The van der Waals surface area contributed by atoms with E-state index in [9.17, 15) is 4.79 Å². The van der Waals surface area contributed by atoms with Gasteiger partial charge in [-0.25, -0.2) is 0 Å². The topological polar surface area (TPSA) is 23.6 Å². The lowest BCUT2D eigenvalue weighted by Gasteiger charge is -2.45. The number of amides is 1. The van der Waals surface area contributed by atoms with Crippen molar-refractivity contribution in [3.63, 3.8) is 0 Å². The summed E-state index contributed by atoms with van der Waals surface area (Å²) in [5, 5.41) is 0. The first kappa shape index (κ1) is 14.3. The molecule has 0 spiro atoms. The first-order valence-electron chi connectivity index (χ1n) is 7.09. The molecular weight excluding hydrogens is 292 g/mol. The monoisotopic (exact) mass is 316 g/mol. The van der Waals surface area contributed by atoms with Crippen LogP contribution in [0.1, 0.15) is 46.5 Å². The number of piperidine rings is 2. The van der Waals surface area contributed by atoms with E-state index in [1.165, 1.54) is 0 Å². The summed E-state index contributed by atoms with van der Waals surface area (Å²) in [5.41, 5.74) is 0.259. The first-order chi connectivity index (χ1) is 8.39. The number of carbonyl (C=O) groups excluding carboxylic acids is 1. The predicted molar refractivity (Wildman–Crippen MR) is 78.0 cm³/mol. The maximum absolute atomic E-state index is 12.2. The molecule has 0 saturated carbocycles. The Morgan fingerprint density at radius 1 is 1.11 bits per heavy atom. The van der Waals surface area contributed by atoms with Crippen LogP contribution in [0.5, 0.6) is 0 Å². The molecule has 2 aliphatic heterocycles. The Morgan fingerprint density at radius 2 is 1.72 bits per heavy atom. The summed E-state index contributed by atoms with van der Waals surface area (Å²) in [5.74, 6) is 0.315. The molecule has 1 atom stereocenters. The molecule has 1 unspecified atom stereocenters. The number of nitrogens with zero attached hydrogens (tertiary/aromatic N) is 2. The molecule has 104 valence electrons. The molecular formula is C14H25BrN2O. The van der Waals surface area contributed by atoms with Gasteiger partial charge in [0, 0.05) is 31.2 Å². The molecule has 0 aliphatic carbocycles. The Hall–Kier alpha value is -0.0900. The van der Waals surface area contributed by atoms with Crippen LogP contribution in [-0.2, 0) is 4.79 Å². The zero-order valence-corrected chi connectivity index (χ0v) is 13.4. The molecule has 0 aromatic carbocycles. The van der Waals surface area contributed by atoms with E-state index in [4.69, 9.17) is 0 Å². The molecule has 2 rings (SSSR count). The fraction of sp³-hybridized carbons (Fsp3) is 0.929. The van der Waals surface area contributed by atoms with Crippen LogP contribution in [0.4, 0.5) is 0 Å². The van der Waals surface area contributed by atoms with Gasteiger partial charge in [-0.2, -0.15) is 0 Å². The lowest BCUT2D eigenvalue weighted by Crippen LogP contribution is -2.54. The van der Waals surface area contributed by atoms with Gasteiger partial charge < -0.3 is 4.90 Å². The van der Waals surface area contributed by atoms with Crippen LogP contribution in [0.15, 0.2) is 0 Å². The van der Waals surface area contributed by atoms with E-state index in [0.29, 0.717) is 11.9 Å². The van der Waals surface area contributed by atoms with Crippen molar-refractivity contribution in [1.82, 2.24) is 9.80 Å². The SMILES string of the molecule is CC(C)(C)N1CCC(N2CCCC(Br)C2=O)CC1. The van der Waals surface area contributed by atoms with Crippen LogP contribution in [0, 0.1) is 0 Å².